The van der Waals surface area contributed by atoms with Gasteiger partial charge in [-0.25, -0.2) is 17.2 Å². The fraction of sp³-hybridized carbons (Fsp3) is 0.200. The van der Waals surface area contributed by atoms with E-state index < -0.39 is 27.3 Å². The van der Waals surface area contributed by atoms with Crippen LogP contribution in [0.5, 0.6) is 0 Å². The van der Waals surface area contributed by atoms with Crippen LogP contribution >= 0.6 is 0 Å². The average Bonchev–Trinajstić information content (AvgIpc) is 3.75. The highest BCUT2D eigenvalue weighted by Gasteiger charge is 2.45. The number of hydrogen-bond donors (Lipinski definition) is 4. The highest BCUT2D eigenvalue weighted by Crippen LogP contribution is 2.46. The number of benzene rings is 4. The van der Waals surface area contributed by atoms with Gasteiger partial charge in [0.25, 0.3) is 11.8 Å². The summed E-state index contributed by atoms with van der Waals surface area (Å²) < 4.78 is 62.0. The number of nitrogens with one attached hydrogen (secondary N) is 3. The molecule has 242 valence electrons. The van der Waals surface area contributed by atoms with Crippen LogP contribution in [0.1, 0.15) is 45.5 Å². The number of furan rings is 1. The first-order chi connectivity index (χ1) is 22.5. The molecule has 12 heteroatoms. The van der Waals surface area contributed by atoms with Gasteiger partial charge >= 0.3 is 0 Å². The number of aliphatic hydroxyl groups excluding tert-OH is 1. The molecule has 0 aliphatic heterocycles. The fourth-order valence-electron chi connectivity index (χ4n) is 5.59. The van der Waals surface area contributed by atoms with Gasteiger partial charge in [0.2, 0.25) is 10.0 Å². The molecule has 1 aliphatic carbocycles. The maximum Gasteiger partial charge on any atom is 0.255 e. The molecule has 0 unspecified atom stereocenters. The highest BCUT2D eigenvalue weighted by atomic mass is 32.2. The molecular formula is C35H31F2N3O6S. The molecule has 4 aromatic carbocycles. The molecule has 9 nitrogen and oxygen atoms in total. The van der Waals surface area contributed by atoms with Gasteiger partial charge < -0.3 is 20.2 Å². The molecule has 4 N–H and O–H groups in total. The van der Waals surface area contributed by atoms with E-state index in [-0.39, 0.29) is 53.1 Å². The van der Waals surface area contributed by atoms with E-state index in [2.05, 4.69) is 15.4 Å². The Bertz CT molecular complexity index is 2090. The summed E-state index contributed by atoms with van der Waals surface area (Å²) in [4.78, 5) is 26.7. The lowest BCUT2D eigenvalue weighted by molar-refractivity contribution is 0.0929. The quantitative estimate of drug-likeness (QED) is 0.138. The zero-order valence-corrected chi connectivity index (χ0v) is 26.1. The molecule has 2 amide bonds. The van der Waals surface area contributed by atoms with Crippen LogP contribution in [0.15, 0.2) is 89.3 Å². The van der Waals surface area contributed by atoms with Crippen molar-refractivity contribution >= 4 is 38.5 Å². The van der Waals surface area contributed by atoms with Gasteiger partial charge in [-0.1, -0.05) is 24.3 Å². The number of rotatable bonds is 11. The van der Waals surface area contributed by atoms with E-state index in [0.717, 1.165) is 5.56 Å². The van der Waals surface area contributed by atoms with Gasteiger partial charge in [0.1, 0.15) is 23.0 Å². The molecule has 1 saturated carbocycles. The SMILES string of the molecule is CNC(=O)c1c(-c2ccc(F)cc2)oc2cc(NS(=O)(=O)CCCO)c(-c3cccc(C(=O)NC4(c5ccc(F)cc5)CC4)c3)cc12. The Hall–Kier alpha value is -5.07. The van der Waals surface area contributed by atoms with Crippen molar-refractivity contribution in [2.45, 2.75) is 24.8 Å². The predicted octanol–water partition coefficient (Wildman–Crippen LogP) is 5.95. The van der Waals surface area contributed by atoms with Crippen LogP contribution in [-0.4, -0.2) is 44.7 Å². The van der Waals surface area contributed by atoms with Crippen LogP contribution in [0.25, 0.3) is 33.4 Å². The number of carbonyl (C=O) groups excluding carboxylic acids is 2. The number of amides is 2. The molecule has 0 radical (unpaired) electrons. The van der Waals surface area contributed by atoms with Crippen LogP contribution in [0.3, 0.4) is 0 Å². The summed E-state index contributed by atoms with van der Waals surface area (Å²) in [6.07, 6.45) is 1.40. The Labute approximate surface area is 269 Å². The van der Waals surface area contributed by atoms with Crippen LogP contribution in [-0.2, 0) is 15.6 Å². The van der Waals surface area contributed by atoms with Crippen molar-refractivity contribution in [2.75, 3.05) is 24.1 Å². The second-order valence-corrected chi connectivity index (χ2v) is 13.3. The van der Waals surface area contributed by atoms with E-state index in [9.17, 15) is 31.9 Å². The van der Waals surface area contributed by atoms with E-state index in [1.807, 2.05) is 0 Å². The van der Waals surface area contributed by atoms with Crippen molar-refractivity contribution < 1.29 is 36.3 Å². The van der Waals surface area contributed by atoms with Crippen molar-refractivity contribution in [1.29, 1.82) is 0 Å². The molecule has 5 aromatic rings. The Kier molecular flexibility index (Phi) is 8.56. The Balaban J connectivity index is 1.46. The Morgan fingerprint density at radius 3 is 2.21 bits per heavy atom. The molecule has 0 spiro atoms. The highest BCUT2D eigenvalue weighted by molar-refractivity contribution is 7.92. The molecule has 1 aliphatic rings. The minimum atomic E-state index is -3.93. The van der Waals surface area contributed by atoms with Gasteiger partial charge in [-0.05, 0) is 85.0 Å². The molecule has 6 rings (SSSR count). The second kappa shape index (κ2) is 12.6. The summed E-state index contributed by atoms with van der Waals surface area (Å²) in [5.74, 6) is -1.87. The number of halogens is 2. The summed E-state index contributed by atoms with van der Waals surface area (Å²) in [6, 6.07) is 21.1. The largest absolute Gasteiger partial charge is 0.455 e. The zero-order valence-electron chi connectivity index (χ0n) is 25.3. The first-order valence-electron chi connectivity index (χ1n) is 14.9. The van der Waals surface area contributed by atoms with Crippen LogP contribution in [0.4, 0.5) is 14.5 Å². The minimum Gasteiger partial charge on any atom is -0.455 e. The molecule has 0 saturated heterocycles. The molecular weight excluding hydrogens is 628 g/mol. The third-order valence-electron chi connectivity index (χ3n) is 8.16. The van der Waals surface area contributed by atoms with Crippen molar-refractivity contribution in [2.24, 2.45) is 0 Å². The predicted molar refractivity (Wildman–Crippen MR) is 174 cm³/mol. The monoisotopic (exact) mass is 659 g/mol. The van der Waals surface area contributed by atoms with Gasteiger partial charge in [0.15, 0.2) is 0 Å². The summed E-state index contributed by atoms with van der Waals surface area (Å²) in [5.41, 5.74) is 2.23. The van der Waals surface area contributed by atoms with Crippen molar-refractivity contribution in [3.63, 3.8) is 0 Å². The molecule has 1 aromatic heterocycles. The van der Waals surface area contributed by atoms with Crippen molar-refractivity contribution in [1.82, 2.24) is 10.6 Å². The number of carbonyl (C=O) groups is 2. The first-order valence-corrected chi connectivity index (χ1v) is 16.6. The normalized spacial score (nSPS) is 13.7. The van der Waals surface area contributed by atoms with Crippen molar-refractivity contribution in [3.05, 3.63) is 113 Å². The maximum atomic E-state index is 13.7. The third kappa shape index (κ3) is 6.60. The Morgan fingerprint density at radius 2 is 1.57 bits per heavy atom. The van der Waals surface area contributed by atoms with E-state index in [4.69, 9.17) is 4.42 Å². The van der Waals surface area contributed by atoms with Crippen molar-refractivity contribution in [3.8, 4) is 22.5 Å². The Morgan fingerprint density at radius 1 is 0.894 bits per heavy atom. The molecule has 47 heavy (non-hydrogen) atoms. The van der Waals surface area contributed by atoms with Gasteiger partial charge in [0, 0.05) is 41.8 Å². The lowest BCUT2D eigenvalue weighted by Gasteiger charge is -2.19. The van der Waals surface area contributed by atoms with E-state index in [0.29, 0.717) is 40.5 Å². The van der Waals surface area contributed by atoms with Gasteiger partial charge in [0.05, 0.1) is 22.5 Å². The van der Waals surface area contributed by atoms with E-state index in [1.165, 1.54) is 49.5 Å². The molecule has 0 bridgehead atoms. The summed E-state index contributed by atoms with van der Waals surface area (Å²) in [5, 5.41) is 15.3. The fourth-order valence-corrected chi connectivity index (χ4v) is 6.71. The van der Waals surface area contributed by atoms with Gasteiger partial charge in [-0.15, -0.1) is 0 Å². The lowest BCUT2D eigenvalue weighted by Crippen LogP contribution is -2.34. The van der Waals surface area contributed by atoms with E-state index >= 15 is 0 Å². The second-order valence-electron chi connectivity index (χ2n) is 11.4. The lowest BCUT2D eigenvalue weighted by atomic mass is 9.97. The summed E-state index contributed by atoms with van der Waals surface area (Å²) in [6.45, 7) is -0.321. The number of fused-ring (bicyclic) bond motifs is 1. The van der Waals surface area contributed by atoms with Crippen LogP contribution < -0.4 is 15.4 Å². The molecule has 0 atom stereocenters. The topological polar surface area (TPSA) is 138 Å². The van der Waals surface area contributed by atoms with E-state index in [1.54, 1.807) is 42.5 Å². The number of sulfonamides is 1. The van der Waals surface area contributed by atoms with Crippen LogP contribution in [0, 0.1) is 11.6 Å². The molecule has 1 fully saturated rings. The third-order valence-corrected chi connectivity index (χ3v) is 9.52. The standard InChI is InChI=1S/C35H31F2N3O6S/c1-38-34(43)31-28-19-27(22-4-2-5-23(18-22)33(42)39-35(14-15-35)24-8-12-26(37)13-9-24)29(40-47(44,45)17-3-16-41)20-30(28)46-32(31)21-6-10-25(36)11-7-21/h2,4-13,18-20,40-41H,3,14-17H2,1H3,(H,38,43)(H,39,42). The van der Waals surface area contributed by atoms with Gasteiger partial charge in [-0.3, -0.25) is 14.3 Å². The minimum absolute atomic E-state index is 0.00859. The zero-order chi connectivity index (χ0) is 33.3. The number of anilines is 1. The number of hydrogen-bond acceptors (Lipinski definition) is 6. The number of aliphatic hydroxyl groups is 1. The maximum absolute atomic E-state index is 13.7. The average molecular weight is 660 g/mol. The smallest absolute Gasteiger partial charge is 0.255 e. The van der Waals surface area contributed by atoms with Gasteiger partial charge in [-0.2, -0.15) is 0 Å². The molecule has 1 heterocycles. The van der Waals surface area contributed by atoms with Crippen LogP contribution in [0.2, 0.25) is 0 Å². The summed E-state index contributed by atoms with van der Waals surface area (Å²) >= 11 is 0. The first kappa shape index (κ1) is 31.9. The summed E-state index contributed by atoms with van der Waals surface area (Å²) in [7, 11) is -2.47.